The minimum absolute atomic E-state index is 0.0507. The summed E-state index contributed by atoms with van der Waals surface area (Å²) in [4.78, 5) is 16.5. The zero-order valence-corrected chi connectivity index (χ0v) is 13.8. The number of aromatic nitrogens is 1. The SMILES string of the molecule is O=C(Cc1csc(-c2cccc(Br)c2)n1)NC1CCNC1. The molecule has 1 aromatic carbocycles. The zero-order chi connectivity index (χ0) is 14.7. The highest BCUT2D eigenvalue weighted by Gasteiger charge is 2.17. The van der Waals surface area contributed by atoms with Crippen molar-refractivity contribution < 1.29 is 4.79 Å². The number of benzene rings is 1. The van der Waals surface area contributed by atoms with Gasteiger partial charge in [0.2, 0.25) is 5.91 Å². The lowest BCUT2D eigenvalue weighted by Crippen LogP contribution is -2.37. The fraction of sp³-hybridized carbons (Fsp3) is 0.333. The van der Waals surface area contributed by atoms with Crippen LogP contribution in [-0.2, 0) is 11.2 Å². The van der Waals surface area contributed by atoms with Crippen LogP contribution in [0.1, 0.15) is 12.1 Å². The molecule has 2 N–H and O–H groups in total. The van der Waals surface area contributed by atoms with Crippen molar-refractivity contribution in [3.05, 3.63) is 39.8 Å². The lowest BCUT2D eigenvalue weighted by atomic mass is 10.2. The second-order valence-corrected chi connectivity index (χ2v) is 6.86. The lowest BCUT2D eigenvalue weighted by molar-refractivity contribution is -0.121. The van der Waals surface area contributed by atoms with Crippen molar-refractivity contribution >= 4 is 33.2 Å². The Kier molecular flexibility index (Phi) is 4.67. The Hall–Kier alpha value is -1.24. The van der Waals surface area contributed by atoms with Gasteiger partial charge in [-0.05, 0) is 25.1 Å². The molecule has 0 saturated carbocycles. The third kappa shape index (κ3) is 3.90. The molecule has 1 aromatic heterocycles. The summed E-state index contributed by atoms with van der Waals surface area (Å²) < 4.78 is 1.03. The van der Waals surface area contributed by atoms with Crippen LogP contribution >= 0.6 is 27.3 Å². The molecule has 0 aliphatic carbocycles. The van der Waals surface area contributed by atoms with Crippen LogP contribution in [0.5, 0.6) is 0 Å². The molecular formula is C15H16BrN3OS. The third-order valence-electron chi connectivity index (χ3n) is 3.39. The Morgan fingerprint density at radius 2 is 2.43 bits per heavy atom. The van der Waals surface area contributed by atoms with Gasteiger partial charge in [0.25, 0.3) is 0 Å². The highest BCUT2D eigenvalue weighted by molar-refractivity contribution is 9.10. The van der Waals surface area contributed by atoms with Crippen molar-refractivity contribution in [2.24, 2.45) is 0 Å². The number of amides is 1. The largest absolute Gasteiger partial charge is 0.352 e. The Morgan fingerprint density at radius 3 is 3.19 bits per heavy atom. The maximum absolute atomic E-state index is 12.0. The molecular weight excluding hydrogens is 350 g/mol. The topological polar surface area (TPSA) is 54.0 Å². The fourth-order valence-corrected chi connectivity index (χ4v) is 3.58. The maximum atomic E-state index is 12.0. The minimum Gasteiger partial charge on any atom is -0.352 e. The molecule has 1 amide bonds. The van der Waals surface area contributed by atoms with Crippen LogP contribution in [0.25, 0.3) is 10.6 Å². The predicted octanol–water partition coefficient (Wildman–Crippen LogP) is 2.59. The molecule has 1 aliphatic rings. The smallest absolute Gasteiger partial charge is 0.226 e. The van der Waals surface area contributed by atoms with Gasteiger partial charge in [0.15, 0.2) is 0 Å². The summed E-state index contributed by atoms with van der Waals surface area (Å²) in [6, 6.07) is 8.30. The first kappa shape index (κ1) is 14.7. The first-order valence-corrected chi connectivity index (χ1v) is 8.58. The van der Waals surface area contributed by atoms with E-state index in [-0.39, 0.29) is 11.9 Å². The average Bonchev–Trinajstić information content (AvgIpc) is 3.10. The summed E-state index contributed by atoms with van der Waals surface area (Å²) in [7, 11) is 0. The van der Waals surface area contributed by atoms with Crippen molar-refractivity contribution in [3.8, 4) is 10.6 Å². The van der Waals surface area contributed by atoms with E-state index in [1.807, 2.05) is 29.6 Å². The number of nitrogens with zero attached hydrogens (tertiary/aromatic N) is 1. The third-order valence-corrected chi connectivity index (χ3v) is 4.82. The van der Waals surface area contributed by atoms with E-state index in [9.17, 15) is 4.79 Å². The van der Waals surface area contributed by atoms with E-state index in [0.717, 1.165) is 40.2 Å². The van der Waals surface area contributed by atoms with Gasteiger partial charge >= 0.3 is 0 Å². The van der Waals surface area contributed by atoms with Crippen LogP contribution in [0, 0.1) is 0 Å². The first-order valence-electron chi connectivity index (χ1n) is 6.91. The van der Waals surface area contributed by atoms with Crippen molar-refractivity contribution in [2.45, 2.75) is 18.9 Å². The summed E-state index contributed by atoms with van der Waals surface area (Å²) in [6.45, 7) is 1.85. The quantitative estimate of drug-likeness (QED) is 0.875. The summed E-state index contributed by atoms with van der Waals surface area (Å²) in [6.07, 6.45) is 1.35. The van der Waals surface area contributed by atoms with Gasteiger partial charge < -0.3 is 10.6 Å². The second-order valence-electron chi connectivity index (χ2n) is 5.09. The normalized spacial score (nSPS) is 17.9. The van der Waals surface area contributed by atoms with E-state index >= 15 is 0 Å². The van der Waals surface area contributed by atoms with E-state index in [4.69, 9.17) is 0 Å². The Bertz CT molecular complexity index is 637. The van der Waals surface area contributed by atoms with E-state index in [1.165, 1.54) is 0 Å². The average molecular weight is 366 g/mol. The van der Waals surface area contributed by atoms with Crippen molar-refractivity contribution in [3.63, 3.8) is 0 Å². The molecule has 110 valence electrons. The van der Waals surface area contributed by atoms with Crippen LogP contribution in [0.15, 0.2) is 34.1 Å². The molecule has 0 bridgehead atoms. The fourth-order valence-electron chi connectivity index (χ4n) is 2.36. The Morgan fingerprint density at radius 1 is 1.52 bits per heavy atom. The molecule has 1 fully saturated rings. The molecule has 2 aromatic rings. The number of hydrogen-bond acceptors (Lipinski definition) is 4. The zero-order valence-electron chi connectivity index (χ0n) is 11.4. The number of thiazole rings is 1. The number of hydrogen-bond donors (Lipinski definition) is 2. The van der Waals surface area contributed by atoms with Gasteiger partial charge in [-0.25, -0.2) is 4.98 Å². The van der Waals surface area contributed by atoms with Crippen LogP contribution < -0.4 is 10.6 Å². The molecule has 21 heavy (non-hydrogen) atoms. The van der Waals surface area contributed by atoms with Gasteiger partial charge in [-0.1, -0.05) is 28.1 Å². The molecule has 0 spiro atoms. The molecule has 1 aliphatic heterocycles. The highest BCUT2D eigenvalue weighted by atomic mass is 79.9. The van der Waals surface area contributed by atoms with Gasteiger partial charge in [-0.2, -0.15) is 0 Å². The lowest BCUT2D eigenvalue weighted by Gasteiger charge is -2.10. The van der Waals surface area contributed by atoms with Gasteiger partial charge in [-0.3, -0.25) is 4.79 Å². The van der Waals surface area contributed by atoms with Crippen molar-refractivity contribution in [1.82, 2.24) is 15.6 Å². The highest BCUT2D eigenvalue weighted by Crippen LogP contribution is 2.26. The molecule has 2 heterocycles. The monoisotopic (exact) mass is 365 g/mol. The van der Waals surface area contributed by atoms with Crippen LogP contribution in [0.3, 0.4) is 0 Å². The summed E-state index contributed by atoms with van der Waals surface area (Å²) in [5.41, 5.74) is 1.90. The standard InChI is InChI=1S/C15H16BrN3OS/c16-11-3-1-2-10(6-11)15-19-13(9-21-15)7-14(20)18-12-4-5-17-8-12/h1-3,6,9,12,17H,4-5,7-8H2,(H,18,20). The second kappa shape index (κ2) is 6.68. The Labute approximate surface area is 136 Å². The number of carbonyl (C=O) groups is 1. The molecule has 4 nitrogen and oxygen atoms in total. The predicted molar refractivity (Wildman–Crippen MR) is 88.4 cm³/mol. The molecule has 0 radical (unpaired) electrons. The van der Waals surface area contributed by atoms with Crippen molar-refractivity contribution in [1.29, 1.82) is 0 Å². The summed E-state index contributed by atoms with van der Waals surface area (Å²) in [5.74, 6) is 0.0507. The number of nitrogens with one attached hydrogen (secondary N) is 2. The first-order chi connectivity index (χ1) is 10.2. The van der Waals surface area contributed by atoms with Gasteiger partial charge in [0, 0.05) is 28.0 Å². The molecule has 1 saturated heterocycles. The van der Waals surface area contributed by atoms with Crippen LogP contribution in [0.4, 0.5) is 0 Å². The van der Waals surface area contributed by atoms with Gasteiger partial charge in [-0.15, -0.1) is 11.3 Å². The van der Waals surface area contributed by atoms with E-state index in [0.29, 0.717) is 6.42 Å². The Balaban J connectivity index is 1.63. The van der Waals surface area contributed by atoms with Crippen LogP contribution in [0.2, 0.25) is 0 Å². The van der Waals surface area contributed by atoms with E-state index in [2.05, 4.69) is 31.5 Å². The molecule has 1 unspecified atom stereocenters. The molecule has 6 heteroatoms. The van der Waals surface area contributed by atoms with Gasteiger partial charge in [0.05, 0.1) is 12.1 Å². The summed E-state index contributed by atoms with van der Waals surface area (Å²) >= 11 is 5.03. The molecule has 1 atom stereocenters. The number of halogens is 1. The minimum atomic E-state index is 0.0507. The van der Waals surface area contributed by atoms with E-state index in [1.54, 1.807) is 11.3 Å². The van der Waals surface area contributed by atoms with Crippen LogP contribution in [-0.4, -0.2) is 30.0 Å². The molecule has 3 rings (SSSR count). The van der Waals surface area contributed by atoms with Gasteiger partial charge in [0.1, 0.15) is 5.01 Å². The van der Waals surface area contributed by atoms with Crippen molar-refractivity contribution in [2.75, 3.05) is 13.1 Å². The maximum Gasteiger partial charge on any atom is 0.226 e. The number of carbonyl (C=O) groups excluding carboxylic acids is 1. The summed E-state index contributed by atoms with van der Waals surface area (Å²) in [5, 5.41) is 9.19. The number of rotatable bonds is 4. The van der Waals surface area contributed by atoms with E-state index < -0.39 is 0 Å².